The summed E-state index contributed by atoms with van der Waals surface area (Å²) in [7, 11) is 1.45. The highest BCUT2D eigenvalue weighted by atomic mass is 79.9. The van der Waals surface area contributed by atoms with Crippen molar-refractivity contribution in [2.75, 3.05) is 20.3 Å². The van der Waals surface area contributed by atoms with Crippen molar-refractivity contribution >= 4 is 21.8 Å². The molecule has 2 rings (SSSR count). The second kappa shape index (κ2) is 7.11. The van der Waals surface area contributed by atoms with Crippen molar-refractivity contribution in [3.05, 3.63) is 22.2 Å². The molecular formula is C14H19BrN2O4. The van der Waals surface area contributed by atoms with Crippen molar-refractivity contribution in [2.24, 2.45) is 5.73 Å². The molecule has 116 valence electrons. The number of hydrogen-bond donors (Lipinski definition) is 3. The van der Waals surface area contributed by atoms with Gasteiger partial charge < -0.3 is 20.3 Å². The van der Waals surface area contributed by atoms with Gasteiger partial charge in [-0.05, 0) is 46.5 Å². The number of ether oxygens (including phenoxy) is 2. The molecular weight excluding hydrogens is 340 g/mol. The van der Waals surface area contributed by atoms with Crippen LogP contribution in [0.1, 0.15) is 24.4 Å². The first-order valence-electron chi connectivity index (χ1n) is 6.73. The van der Waals surface area contributed by atoms with E-state index in [2.05, 4.69) is 21.2 Å². The lowest BCUT2D eigenvalue weighted by Crippen LogP contribution is -2.37. The number of carbonyl (C=O) groups is 1. The van der Waals surface area contributed by atoms with Gasteiger partial charge in [0.25, 0.3) is 0 Å². The van der Waals surface area contributed by atoms with Gasteiger partial charge in [0.05, 0.1) is 17.7 Å². The van der Waals surface area contributed by atoms with Crippen LogP contribution in [-0.2, 0) is 9.53 Å². The quantitative estimate of drug-likeness (QED) is 0.715. The van der Waals surface area contributed by atoms with Crippen LogP contribution in [0.25, 0.3) is 0 Å². The number of phenolic OH excluding ortho intramolecular Hbond substituents is 1. The number of methoxy groups -OCH3 is 1. The van der Waals surface area contributed by atoms with E-state index in [0.29, 0.717) is 16.6 Å². The van der Waals surface area contributed by atoms with E-state index in [1.54, 1.807) is 12.1 Å². The fourth-order valence-corrected chi connectivity index (χ4v) is 2.81. The number of amides is 1. The van der Waals surface area contributed by atoms with Crippen LogP contribution in [0.4, 0.5) is 0 Å². The summed E-state index contributed by atoms with van der Waals surface area (Å²) in [4.78, 5) is 11.7. The normalized spacial score (nSPS) is 19.4. The maximum Gasteiger partial charge on any atom is 0.239 e. The van der Waals surface area contributed by atoms with E-state index in [9.17, 15) is 9.90 Å². The molecule has 0 aromatic heterocycles. The van der Waals surface area contributed by atoms with Gasteiger partial charge in [0.1, 0.15) is 6.04 Å². The van der Waals surface area contributed by atoms with Gasteiger partial charge >= 0.3 is 0 Å². The second-order valence-electron chi connectivity index (χ2n) is 4.93. The molecule has 0 bridgehead atoms. The third kappa shape index (κ3) is 3.87. The van der Waals surface area contributed by atoms with Gasteiger partial charge in [0.2, 0.25) is 5.91 Å². The smallest absolute Gasteiger partial charge is 0.239 e. The molecule has 0 aliphatic carbocycles. The van der Waals surface area contributed by atoms with E-state index >= 15 is 0 Å². The molecule has 1 heterocycles. The molecule has 0 saturated carbocycles. The fraction of sp³-hybridized carbons (Fsp3) is 0.500. The standard InChI is InChI=1S/C14H19BrN2O4/c1-20-11-6-8(5-10(15)13(11)18)12(14(16)19)17-7-9-3-2-4-21-9/h5-6,9,12,17-18H,2-4,7H2,1H3,(H2,16,19). The lowest BCUT2D eigenvalue weighted by Gasteiger charge is -2.19. The summed E-state index contributed by atoms with van der Waals surface area (Å²) in [6.07, 6.45) is 2.11. The highest BCUT2D eigenvalue weighted by Crippen LogP contribution is 2.36. The molecule has 1 aromatic carbocycles. The van der Waals surface area contributed by atoms with E-state index < -0.39 is 11.9 Å². The maximum absolute atomic E-state index is 11.7. The monoisotopic (exact) mass is 358 g/mol. The van der Waals surface area contributed by atoms with Crippen LogP contribution < -0.4 is 15.8 Å². The molecule has 7 heteroatoms. The Bertz CT molecular complexity index is 518. The highest BCUT2D eigenvalue weighted by Gasteiger charge is 2.23. The van der Waals surface area contributed by atoms with Crippen molar-refractivity contribution in [3.8, 4) is 11.5 Å². The molecule has 6 nitrogen and oxygen atoms in total. The fourth-order valence-electron chi connectivity index (χ4n) is 2.35. The zero-order chi connectivity index (χ0) is 15.4. The highest BCUT2D eigenvalue weighted by molar-refractivity contribution is 9.10. The Labute approximate surface area is 131 Å². The van der Waals surface area contributed by atoms with E-state index in [1.165, 1.54) is 7.11 Å². The third-order valence-electron chi connectivity index (χ3n) is 3.46. The summed E-state index contributed by atoms with van der Waals surface area (Å²) in [5.41, 5.74) is 6.10. The topological polar surface area (TPSA) is 93.8 Å². The molecule has 1 amide bonds. The number of hydrogen-bond acceptors (Lipinski definition) is 5. The number of carbonyl (C=O) groups excluding carboxylic acids is 1. The Morgan fingerprint density at radius 3 is 3.00 bits per heavy atom. The lowest BCUT2D eigenvalue weighted by atomic mass is 10.0. The predicted molar refractivity (Wildman–Crippen MR) is 81.3 cm³/mol. The zero-order valence-corrected chi connectivity index (χ0v) is 13.4. The Morgan fingerprint density at radius 2 is 2.43 bits per heavy atom. The van der Waals surface area contributed by atoms with Crippen molar-refractivity contribution in [3.63, 3.8) is 0 Å². The van der Waals surface area contributed by atoms with Crippen LogP contribution in [0.2, 0.25) is 0 Å². The average Bonchev–Trinajstić information content (AvgIpc) is 2.95. The van der Waals surface area contributed by atoms with Gasteiger partial charge in [-0.3, -0.25) is 10.1 Å². The molecule has 4 N–H and O–H groups in total. The van der Waals surface area contributed by atoms with Gasteiger partial charge in [0.15, 0.2) is 11.5 Å². The first-order valence-corrected chi connectivity index (χ1v) is 7.53. The molecule has 0 spiro atoms. The van der Waals surface area contributed by atoms with E-state index in [0.717, 1.165) is 19.4 Å². The molecule has 1 aliphatic rings. The Balaban J connectivity index is 2.17. The Kier molecular flexibility index (Phi) is 5.44. The van der Waals surface area contributed by atoms with E-state index in [4.69, 9.17) is 15.2 Å². The summed E-state index contributed by atoms with van der Waals surface area (Å²) >= 11 is 3.24. The summed E-state index contributed by atoms with van der Waals surface area (Å²) in [5, 5.41) is 12.9. The number of primary amides is 1. The molecule has 1 aliphatic heterocycles. The minimum atomic E-state index is -0.667. The van der Waals surface area contributed by atoms with Gasteiger partial charge in [-0.1, -0.05) is 0 Å². The van der Waals surface area contributed by atoms with Gasteiger partial charge in [-0.15, -0.1) is 0 Å². The summed E-state index contributed by atoms with van der Waals surface area (Å²) in [5.74, 6) is -0.222. The Hall–Kier alpha value is -1.31. The third-order valence-corrected chi connectivity index (χ3v) is 4.07. The lowest BCUT2D eigenvalue weighted by molar-refractivity contribution is -0.120. The average molecular weight is 359 g/mol. The number of nitrogens with two attached hydrogens (primary N) is 1. The van der Waals surface area contributed by atoms with Crippen molar-refractivity contribution in [2.45, 2.75) is 25.0 Å². The number of rotatable bonds is 6. The summed E-state index contributed by atoms with van der Waals surface area (Å²) in [6, 6.07) is 2.58. The van der Waals surface area contributed by atoms with Crippen LogP contribution in [0.15, 0.2) is 16.6 Å². The zero-order valence-electron chi connectivity index (χ0n) is 11.8. The first kappa shape index (κ1) is 16.1. The largest absolute Gasteiger partial charge is 0.503 e. The first-order chi connectivity index (χ1) is 10.0. The number of halogens is 1. The Morgan fingerprint density at radius 1 is 1.67 bits per heavy atom. The summed E-state index contributed by atoms with van der Waals surface area (Å²) < 4.78 is 11.1. The number of nitrogens with one attached hydrogen (secondary N) is 1. The van der Waals surface area contributed by atoms with Crippen LogP contribution in [-0.4, -0.2) is 37.4 Å². The molecule has 2 atom stereocenters. The van der Waals surface area contributed by atoms with Crippen LogP contribution in [0.5, 0.6) is 11.5 Å². The molecule has 21 heavy (non-hydrogen) atoms. The van der Waals surface area contributed by atoms with E-state index in [1.807, 2.05) is 0 Å². The minimum absolute atomic E-state index is 0.0106. The van der Waals surface area contributed by atoms with Crippen molar-refractivity contribution in [1.82, 2.24) is 5.32 Å². The summed E-state index contributed by atoms with van der Waals surface area (Å²) in [6.45, 7) is 1.31. The van der Waals surface area contributed by atoms with Crippen molar-refractivity contribution < 1.29 is 19.4 Å². The molecule has 1 aromatic rings. The SMILES string of the molecule is COc1cc(C(NCC2CCCO2)C(N)=O)cc(Br)c1O. The molecule has 1 fully saturated rings. The van der Waals surface area contributed by atoms with E-state index in [-0.39, 0.29) is 17.6 Å². The van der Waals surface area contributed by atoms with Gasteiger partial charge in [-0.2, -0.15) is 0 Å². The number of aromatic hydroxyl groups is 1. The van der Waals surface area contributed by atoms with Crippen LogP contribution >= 0.6 is 15.9 Å². The van der Waals surface area contributed by atoms with Crippen LogP contribution in [0.3, 0.4) is 0 Å². The maximum atomic E-state index is 11.7. The molecule has 1 saturated heterocycles. The van der Waals surface area contributed by atoms with Gasteiger partial charge in [-0.25, -0.2) is 0 Å². The predicted octanol–water partition coefficient (Wildman–Crippen LogP) is 1.46. The van der Waals surface area contributed by atoms with Crippen molar-refractivity contribution in [1.29, 1.82) is 0 Å². The molecule has 2 unspecified atom stereocenters. The minimum Gasteiger partial charge on any atom is -0.503 e. The molecule has 0 radical (unpaired) electrons. The number of phenols is 1. The second-order valence-corrected chi connectivity index (χ2v) is 5.79. The number of benzene rings is 1. The van der Waals surface area contributed by atoms with Gasteiger partial charge in [0, 0.05) is 13.2 Å². The van der Waals surface area contributed by atoms with Crippen LogP contribution in [0, 0.1) is 0 Å².